The number of phenolic OH excluding ortho intramolecular Hbond substituents is 1. The van der Waals surface area contributed by atoms with Crippen molar-refractivity contribution in [1.29, 1.82) is 0 Å². The summed E-state index contributed by atoms with van der Waals surface area (Å²) < 4.78 is 0.773. The van der Waals surface area contributed by atoms with Gasteiger partial charge in [0.05, 0.1) is 12.2 Å². The number of fused-ring (bicyclic) bond motifs is 5. The third-order valence-corrected chi connectivity index (χ3v) is 8.06. The van der Waals surface area contributed by atoms with Crippen molar-refractivity contribution in [2.24, 2.45) is 22.4 Å². The number of hydrogen-bond donors (Lipinski definition) is 3. The van der Waals surface area contributed by atoms with Gasteiger partial charge in [0, 0.05) is 3.57 Å². The van der Waals surface area contributed by atoms with Crippen LogP contribution in [-0.4, -0.2) is 27.5 Å². The van der Waals surface area contributed by atoms with E-state index in [-0.39, 0.29) is 16.9 Å². The standard InChI is InChI=1S/C18H22INO4/c1-18-5-4-10-9(11(18)7-13(22)17(18)23)3-2-8-6-12(21)16(20-24)15(19)14(8)10/h6,9-11,13,17,21-23H,2-5,7H2,1H3/t9-,10+,11+,13-,17+,18+/m1/s1. The highest BCUT2D eigenvalue weighted by Gasteiger charge is 2.58. The third kappa shape index (κ3) is 2.12. The molecule has 0 aliphatic heterocycles. The van der Waals surface area contributed by atoms with E-state index in [9.17, 15) is 20.2 Å². The number of aromatic hydroxyl groups is 1. The van der Waals surface area contributed by atoms with Crippen LogP contribution < -0.4 is 0 Å². The molecule has 2 fully saturated rings. The van der Waals surface area contributed by atoms with E-state index in [1.807, 2.05) is 0 Å². The zero-order valence-corrected chi connectivity index (χ0v) is 15.7. The third-order valence-electron chi connectivity index (χ3n) is 6.96. The molecular formula is C18H22INO4. The smallest absolute Gasteiger partial charge is 0.163 e. The number of benzene rings is 1. The van der Waals surface area contributed by atoms with Gasteiger partial charge in [0.1, 0.15) is 5.75 Å². The van der Waals surface area contributed by atoms with Crippen molar-refractivity contribution in [3.63, 3.8) is 0 Å². The van der Waals surface area contributed by atoms with Gasteiger partial charge in [-0.3, -0.25) is 0 Å². The van der Waals surface area contributed by atoms with E-state index < -0.39 is 12.2 Å². The van der Waals surface area contributed by atoms with Crippen LogP contribution in [0.2, 0.25) is 0 Å². The van der Waals surface area contributed by atoms with Gasteiger partial charge < -0.3 is 15.3 Å². The van der Waals surface area contributed by atoms with Crippen LogP contribution in [0.3, 0.4) is 0 Å². The summed E-state index contributed by atoms with van der Waals surface area (Å²) >= 11 is 2.14. The summed E-state index contributed by atoms with van der Waals surface area (Å²) in [6.45, 7) is 2.12. The summed E-state index contributed by atoms with van der Waals surface area (Å²) in [5, 5.41) is 33.8. The molecule has 3 N–H and O–H groups in total. The van der Waals surface area contributed by atoms with Gasteiger partial charge in [-0.05, 0) is 100 Å². The van der Waals surface area contributed by atoms with Crippen molar-refractivity contribution >= 4 is 28.3 Å². The summed E-state index contributed by atoms with van der Waals surface area (Å²) in [6.07, 6.45) is 3.05. The number of phenols is 1. The highest BCUT2D eigenvalue weighted by molar-refractivity contribution is 14.1. The van der Waals surface area contributed by atoms with Crippen molar-refractivity contribution in [2.45, 2.75) is 57.2 Å². The highest BCUT2D eigenvalue weighted by Crippen LogP contribution is 2.62. The molecule has 3 aliphatic rings. The number of hydrogen-bond acceptors (Lipinski definition) is 5. The number of halogens is 1. The van der Waals surface area contributed by atoms with E-state index in [1.165, 1.54) is 0 Å². The number of nitroso groups, excluding NO2 is 1. The fourth-order valence-corrected chi connectivity index (χ4v) is 6.87. The fraction of sp³-hybridized carbons (Fsp3) is 0.667. The van der Waals surface area contributed by atoms with Crippen LogP contribution in [0.4, 0.5) is 5.69 Å². The van der Waals surface area contributed by atoms with Gasteiger partial charge >= 0.3 is 0 Å². The SMILES string of the molecule is C[C@]12CC[C@@H]3c4c(cc(O)c(N=O)c4I)CC[C@H]3[C@@H]1C[C@@H](O)[C@@H]2O. The fourth-order valence-electron chi connectivity index (χ4n) is 5.74. The molecule has 1 aromatic rings. The molecule has 0 saturated heterocycles. The van der Waals surface area contributed by atoms with E-state index in [0.717, 1.165) is 40.4 Å². The van der Waals surface area contributed by atoms with Crippen LogP contribution in [-0.2, 0) is 6.42 Å². The van der Waals surface area contributed by atoms with Gasteiger partial charge in [0.15, 0.2) is 5.69 Å². The monoisotopic (exact) mass is 443 g/mol. The summed E-state index contributed by atoms with van der Waals surface area (Å²) in [7, 11) is 0. The highest BCUT2D eigenvalue weighted by atomic mass is 127. The molecule has 0 bridgehead atoms. The average Bonchev–Trinajstić information content (AvgIpc) is 2.78. The maximum atomic E-state index is 11.1. The van der Waals surface area contributed by atoms with Crippen molar-refractivity contribution < 1.29 is 15.3 Å². The van der Waals surface area contributed by atoms with Crippen molar-refractivity contribution in [1.82, 2.24) is 0 Å². The first-order chi connectivity index (χ1) is 11.4. The molecule has 0 aromatic heterocycles. The Morgan fingerprint density at radius 3 is 2.79 bits per heavy atom. The maximum absolute atomic E-state index is 11.1. The second kappa shape index (κ2) is 5.64. The number of nitrogens with zero attached hydrogens (tertiary/aromatic N) is 1. The van der Waals surface area contributed by atoms with Gasteiger partial charge in [-0.2, -0.15) is 0 Å². The Labute approximate surface area is 154 Å². The van der Waals surface area contributed by atoms with Crippen LogP contribution >= 0.6 is 22.6 Å². The lowest BCUT2D eigenvalue weighted by Crippen LogP contribution is -2.45. The zero-order valence-electron chi connectivity index (χ0n) is 13.6. The number of aliphatic hydroxyl groups excluding tert-OH is 2. The van der Waals surface area contributed by atoms with Crippen molar-refractivity contribution in [3.8, 4) is 5.75 Å². The largest absolute Gasteiger partial charge is 0.506 e. The Hall–Kier alpha value is -0.730. The van der Waals surface area contributed by atoms with E-state index in [1.54, 1.807) is 6.07 Å². The number of aliphatic hydroxyl groups is 2. The predicted molar refractivity (Wildman–Crippen MR) is 98.3 cm³/mol. The minimum absolute atomic E-state index is 0.0287. The lowest BCUT2D eigenvalue weighted by atomic mass is 9.55. The second-order valence-corrected chi connectivity index (χ2v) is 9.01. The van der Waals surface area contributed by atoms with Crippen molar-refractivity contribution in [2.75, 3.05) is 0 Å². The Morgan fingerprint density at radius 1 is 1.33 bits per heavy atom. The Balaban J connectivity index is 1.79. The van der Waals surface area contributed by atoms with Crippen LogP contribution in [0.5, 0.6) is 5.75 Å². The number of aryl methyl sites for hydroxylation is 1. The normalized spacial score (nSPS) is 40.6. The van der Waals surface area contributed by atoms with Crippen LogP contribution in [0.25, 0.3) is 0 Å². The summed E-state index contributed by atoms with van der Waals surface area (Å²) in [6, 6.07) is 1.70. The van der Waals surface area contributed by atoms with Gasteiger partial charge in [0.25, 0.3) is 0 Å². The first-order valence-corrected chi connectivity index (χ1v) is 9.70. The molecule has 5 nitrogen and oxygen atoms in total. The first-order valence-electron chi connectivity index (χ1n) is 8.62. The maximum Gasteiger partial charge on any atom is 0.163 e. The summed E-state index contributed by atoms with van der Waals surface area (Å²) in [5.74, 6) is 0.989. The van der Waals surface area contributed by atoms with Crippen molar-refractivity contribution in [3.05, 3.63) is 25.7 Å². The van der Waals surface area contributed by atoms with Gasteiger partial charge in [-0.1, -0.05) is 6.92 Å². The van der Waals surface area contributed by atoms with E-state index >= 15 is 0 Å². The van der Waals surface area contributed by atoms with Crippen LogP contribution in [0.15, 0.2) is 11.2 Å². The Kier molecular flexibility index (Phi) is 3.93. The molecule has 0 amide bonds. The molecule has 0 heterocycles. The summed E-state index contributed by atoms with van der Waals surface area (Å²) in [4.78, 5) is 11.1. The van der Waals surface area contributed by atoms with E-state index in [0.29, 0.717) is 24.2 Å². The zero-order chi connectivity index (χ0) is 17.2. The average molecular weight is 443 g/mol. The quantitative estimate of drug-likeness (QED) is 0.457. The summed E-state index contributed by atoms with van der Waals surface area (Å²) in [5.41, 5.74) is 2.21. The van der Waals surface area contributed by atoms with E-state index in [4.69, 9.17) is 0 Å². The van der Waals surface area contributed by atoms with Gasteiger partial charge in [-0.25, -0.2) is 0 Å². The molecule has 24 heavy (non-hydrogen) atoms. The minimum Gasteiger partial charge on any atom is -0.506 e. The Morgan fingerprint density at radius 2 is 2.08 bits per heavy atom. The molecule has 0 radical (unpaired) electrons. The topological polar surface area (TPSA) is 90.1 Å². The molecule has 130 valence electrons. The molecule has 3 aliphatic carbocycles. The number of rotatable bonds is 1. The molecule has 2 saturated carbocycles. The van der Waals surface area contributed by atoms with Gasteiger partial charge in [-0.15, -0.1) is 4.91 Å². The second-order valence-electron chi connectivity index (χ2n) is 7.93. The molecular weight excluding hydrogens is 421 g/mol. The Bertz CT molecular complexity index is 709. The van der Waals surface area contributed by atoms with Gasteiger partial charge in [0.2, 0.25) is 0 Å². The molecule has 0 unspecified atom stereocenters. The minimum atomic E-state index is -0.643. The molecule has 1 aromatic carbocycles. The lowest BCUT2D eigenvalue weighted by molar-refractivity contribution is -0.0506. The predicted octanol–water partition coefficient (Wildman–Crippen LogP) is 3.58. The first kappa shape index (κ1) is 16.7. The van der Waals surface area contributed by atoms with Crippen LogP contribution in [0.1, 0.15) is 49.7 Å². The lowest BCUT2D eigenvalue weighted by Gasteiger charge is -2.50. The molecule has 6 atom stereocenters. The molecule has 4 rings (SSSR count). The van der Waals surface area contributed by atoms with Crippen LogP contribution in [0, 0.1) is 25.7 Å². The molecule has 6 heteroatoms. The molecule has 0 spiro atoms. The van der Waals surface area contributed by atoms with E-state index in [2.05, 4.69) is 34.7 Å².